The fourth-order valence-corrected chi connectivity index (χ4v) is 6.30. The molecular weight excluding hydrogens is 506 g/mol. The molecule has 4 heterocycles. The molecule has 0 aromatic heterocycles. The van der Waals surface area contributed by atoms with Crippen molar-refractivity contribution in [1.82, 2.24) is 19.6 Å². The van der Waals surface area contributed by atoms with Crippen LogP contribution in [0.25, 0.3) is 0 Å². The van der Waals surface area contributed by atoms with Crippen molar-refractivity contribution >= 4 is 11.4 Å². The van der Waals surface area contributed by atoms with Crippen molar-refractivity contribution in [3.8, 4) is 0 Å². The lowest BCUT2D eigenvalue weighted by Crippen LogP contribution is -2.61. The molecule has 4 aliphatic heterocycles. The predicted molar refractivity (Wildman–Crippen MR) is 167 cm³/mol. The van der Waals surface area contributed by atoms with Gasteiger partial charge in [-0.05, 0) is 48.2 Å². The Labute approximate surface area is 245 Å². The van der Waals surface area contributed by atoms with Gasteiger partial charge in [0.25, 0.3) is 0 Å². The first-order valence-electron chi connectivity index (χ1n) is 15.2. The molecule has 0 aliphatic carbocycles. The highest BCUT2D eigenvalue weighted by Crippen LogP contribution is 2.27. The summed E-state index contributed by atoms with van der Waals surface area (Å²) in [6.07, 6.45) is 6.45. The van der Waals surface area contributed by atoms with Gasteiger partial charge in [-0.15, -0.1) is 5.11 Å². The van der Waals surface area contributed by atoms with Gasteiger partial charge >= 0.3 is 0 Å². The number of anilines is 1. The van der Waals surface area contributed by atoms with Gasteiger partial charge < -0.3 is 14.7 Å². The zero-order valence-corrected chi connectivity index (χ0v) is 24.3. The summed E-state index contributed by atoms with van der Waals surface area (Å²) in [5.41, 5.74) is 4.68. The first kappa shape index (κ1) is 27.5. The summed E-state index contributed by atoms with van der Waals surface area (Å²) >= 11 is 0. The van der Waals surface area contributed by atoms with Crippen LogP contribution in [0.4, 0.5) is 11.4 Å². The van der Waals surface area contributed by atoms with E-state index in [1.165, 1.54) is 56.0 Å². The Bertz CT molecular complexity index is 1220. The van der Waals surface area contributed by atoms with Crippen molar-refractivity contribution in [2.45, 2.75) is 45.2 Å². The Morgan fingerprint density at radius 1 is 0.732 bits per heavy atom. The van der Waals surface area contributed by atoms with Gasteiger partial charge in [0.1, 0.15) is 0 Å². The number of hydrogen-bond donors (Lipinski definition) is 0. The lowest BCUT2D eigenvalue weighted by Gasteiger charge is -2.48. The highest BCUT2D eigenvalue weighted by Gasteiger charge is 2.31. The zero-order valence-electron chi connectivity index (χ0n) is 24.3. The van der Waals surface area contributed by atoms with Crippen LogP contribution in [0.2, 0.25) is 0 Å². The number of azo groups is 1. The van der Waals surface area contributed by atoms with Gasteiger partial charge in [-0.25, -0.2) is 0 Å². The van der Waals surface area contributed by atoms with Crippen molar-refractivity contribution < 1.29 is 0 Å². The van der Waals surface area contributed by atoms with Crippen LogP contribution in [-0.2, 0) is 13.1 Å². The third-order valence-corrected chi connectivity index (χ3v) is 8.57. The summed E-state index contributed by atoms with van der Waals surface area (Å²) in [5, 5.41) is 9.60. The second kappa shape index (κ2) is 13.3. The highest BCUT2D eigenvalue weighted by molar-refractivity contribution is 5.52. The Balaban J connectivity index is 1.12. The highest BCUT2D eigenvalue weighted by atomic mass is 15.5. The van der Waals surface area contributed by atoms with E-state index in [9.17, 15) is 0 Å². The van der Waals surface area contributed by atoms with E-state index in [0.717, 1.165) is 38.3 Å². The molecule has 214 valence electrons. The molecule has 1 unspecified atom stereocenters. The van der Waals surface area contributed by atoms with Gasteiger partial charge in [-0.2, -0.15) is 5.11 Å². The number of piperazine rings is 3. The maximum absolute atomic E-state index is 4.87. The average Bonchev–Trinajstić information content (AvgIpc) is 3.40. The molecule has 0 N–H and O–H groups in total. The predicted octanol–water partition coefficient (Wildman–Crippen LogP) is 6.15. The molecule has 0 saturated carbocycles. The summed E-state index contributed by atoms with van der Waals surface area (Å²) < 4.78 is 0. The maximum atomic E-state index is 4.87. The molecule has 3 aromatic rings. The molecule has 0 amide bonds. The molecule has 3 fully saturated rings. The summed E-state index contributed by atoms with van der Waals surface area (Å²) in [4.78, 5) is 12.4. The molecule has 2 bridgehead atoms. The zero-order chi connectivity index (χ0) is 27.9. The Hall–Kier alpha value is -3.68. The van der Waals surface area contributed by atoms with E-state index >= 15 is 0 Å². The van der Waals surface area contributed by atoms with E-state index in [1.54, 1.807) is 0 Å². The van der Waals surface area contributed by atoms with Gasteiger partial charge in [0.05, 0.1) is 5.69 Å². The Morgan fingerprint density at radius 2 is 1.34 bits per heavy atom. The van der Waals surface area contributed by atoms with E-state index in [1.807, 2.05) is 0 Å². The lowest BCUT2D eigenvalue weighted by molar-refractivity contribution is 0.0107. The van der Waals surface area contributed by atoms with E-state index in [-0.39, 0.29) is 6.29 Å². The number of fused-ring (bicyclic) bond motifs is 3. The molecule has 41 heavy (non-hydrogen) atoms. The van der Waals surface area contributed by atoms with Crippen LogP contribution in [0.5, 0.6) is 0 Å². The molecule has 3 aromatic carbocycles. The molecule has 0 spiro atoms. The van der Waals surface area contributed by atoms with Crippen LogP contribution < -0.4 is 4.90 Å². The topological polar surface area (TPSA) is 40.9 Å². The van der Waals surface area contributed by atoms with Crippen molar-refractivity contribution in [2.75, 3.05) is 50.7 Å². The minimum atomic E-state index is -0.191. The summed E-state index contributed by atoms with van der Waals surface area (Å²) in [5.74, 6) is 0. The minimum Gasteiger partial charge on any atom is -0.371 e. The first-order chi connectivity index (χ1) is 20.2. The van der Waals surface area contributed by atoms with Gasteiger partial charge in [-0.1, -0.05) is 67.6 Å². The molecule has 7 rings (SSSR count). The van der Waals surface area contributed by atoms with Crippen LogP contribution >= 0.6 is 0 Å². The van der Waals surface area contributed by atoms with Crippen molar-refractivity contribution in [3.05, 3.63) is 108 Å². The second-order valence-electron chi connectivity index (χ2n) is 11.5. The molecule has 0 radical (unpaired) electrons. The Morgan fingerprint density at radius 3 is 1.88 bits per heavy atom. The van der Waals surface area contributed by atoms with Crippen molar-refractivity contribution in [2.24, 2.45) is 10.2 Å². The summed E-state index contributed by atoms with van der Waals surface area (Å²) in [7, 11) is 0. The summed E-state index contributed by atoms with van der Waals surface area (Å²) in [6, 6.07) is 30.5. The van der Waals surface area contributed by atoms with Gasteiger partial charge in [-0.3, -0.25) is 9.80 Å². The monoisotopic (exact) mass is 549 g/mol. The maximum Gasteiger partial charge on any atom is 0.218 e. The normalized spacial score (nSPS) is 22.2. The molecule has 4 aliphatic rings. The number of nitrogens with zero attached hydrogens (tertiary/aromatic N) is 7. The van der Waals surface area contributed by atoms with Crippen LogP contribution in [-0.4, -0.2) is 77.7 Å². The van der Waals surface area contributed by atoms with Gasteiger partial charge in [0.15, 0.2) is 0 Å². The molecule has 7 heteroatoms. The first-order valence-corrected chi connectivity index (χ1v) is 15.2. The van der Waals surface area contributed by atoms with Gasteiger partial charge in [0, 0.05) is 83.0 Å². The second-order valence-corrected chi connectivity index (χ2v) is 11.5. The minimum absolute atomic E-state index is 0.191. The molecule has 3 saturated heterocycles. The third kappa shape index (κ3) is 6.97. The van der Waals surface area contributed by atoms with E-state index < -0.39 is 0 Å². The van der Waals surface area contributed by atoms with Gasteiger partial charge in [0.2, 0.25) is 6.29 Å². The lowest BCUT2D eigenvalue weighted by atomic mass is 10.0. The van der Waals surface area contributed by atoms with E-state index in [4.69, 9.17) is 10.2 Å². The summed E-state index contributed by atoms with van der Waals surface area (Å²) in [6.45, 7) is 12.2. The molecule has 7 nitrogen and oxygen atoms in total. The van der Waals surface area contributed by atoms with Crippen LogP contribution in [0.1, 0.15) is 30.9 Å². The number of hydrogen-bond acceptors (Lipinski definition) is 7. The SMILES string of the molecule is CCCN(CCC1CN2CCN1CC2)c1ccc(N=NC2N(Cc3ccccc3)C=CN2Cc2ccccc2)cc1. The average molecular weight is 550 g/mol. The number of benzene rings is 3. The van der Waals surface area contributed by atoms with Crippen molar-refractivity contribution in [1.29, 1.82) is 0 Å². The standard InChI is InChI=1S/C34H43N7/c1-2-18-38(19-17-33-28-37-20-22-39(33)23-21-37)32-15-13-31(14-16-32)35-36-34-40(26-29-9-5-3-6-10-29)24-25-41(34)27-30-11-7-4-8-12-30/h3-16,24-25,33-34H,2,17-23,26-28H2,1H3. The van der Waals surface area contributed by atoms with E-state index in [2.05, 4.69) is 129 Å². The molecular formula is C34H43N7. The third-order valence-electron chi connectivity index (χ3n) is 8.57. The fraction of sp³-hybridized carbons (Fsp3) is 0.412. The fourth-order valence-electron chi connectivity index (χ4n) is 6.30. The largest absolute Gasteiger partial charge is 0.371 e. The van der Waals surface area contributed by atoms with E-state index in [0.29, 0.717) is 6.04 Å². The van der Waals surface area contributed by atoms with Crippen LogP contribution in [0, 0.1) is 0 Å². The van der Waals surface area contributed by atoms with Crippen LogP contribution in [0.3, 0.4) is 0 Å². The quantitative estimate of drug-likeness (QED) is 0.254. The number of rotatable bonds is 12. The smallest absolute Gasteiger partial charge is 0.218 e. The van der Waals surface area contributed by atoms with Crippen molar-refractivity contribution in [3.63, 3.8) is 0 Å². The Kier molecular flexibility index (Phi) is 8.93. The van der Waals surface area contributed by atoms with Crippen LogP contribution in [0.15, 0.2) is 108 Å². The molecule has 1 atom stereocenters.